The summed E-state index contributed by atoms with van der Waals surface area (Å²) in [6.07, 6.45) is 0.610. The highest BCUT2D eigenvalue weighted by Crippen LogP contribution is 2.17. The number of carbonyl (C=O) groups excluding carboxylic acids is 3. The van der Waals surface area contributed by atoms with Gasteiger partial charge in [0.1, 0.15) is 11.5 Å². The number of anilines is 1. The summed E-state index contributed by atoms with van der Waals surface area (Å²) in [5.41, 5.74) is 1.03. The predicted molar refractivity (Wildman–Crippen MR) is 112 cm³/mol. The highest BCUT2D eigenvalue weighted by atomic mass is 16.5. The van der Waals surface area contributed by atoms with Gasteiger partial charge < -0.3 is 24.4 Å². The van der Waals surface area contributed by atoms with Crippen LogP contribution in [0, 0.1) is 0 Å². The van der Waals surface area contributed by atoms with Crippen LogP contribution in [0.5, 0.6) is 11.5 Å². The molecule has 2 amide bonds. The molecular formula is C22H26N2O6. The van der Waals surface area contributed by atoms with Gasteiger partial charge in [-0.15, -0.1) is 0 Å². The van der Waals surface area contributed by atoms with Crippen LogP contribution >= 0.6 is 0 Å². The van der Waals surface area contributed by atoms with Crippen LogP contribution in [0.15, 0.2) is 48.5 Å². The molecule has 0 unspecified atom stereocenters. The van der Waals surface area contributed by atoms with E-state index in [4.69, 9.17) is 14.2 Å². The normalized spacial score (nSPS) is 10.1. The van der Waals surface area contributed by atoms with Gasteiger partial charge >= 0.3 is 5.97 Å². The molecule has 0 bridgehead atoms. The quantitative estimate of drug-likeness (QED) is 0.475. The van der Waals surface area contributed by atoms with E-state index < -0.39 is 11.9 Å². The smallest absolute Gasteiger partial charge is 0.306 e. The molecule has 0 heterocycles. The zero-order valence-corrected chi connectivity index (χ0v) is 17.3. The van der Waals surface area contributed by atoms with Crippen LogP contribution in [-0.4, -0.2) is 57.1 Å². The molecule has 1 N–H and O–H groups in total. The molecule has 0 saturated heterocycles. The minimum absolute atomic E-state index is 0.127. The summed E-state index contributed by atoms with van der Waals surface area (Å²) >= 11 is 0. The van der Waals surface area contributed by atoms with Crippen molar-refractivity contribution in [3.63, 3.8) is 0 Å². The van der Waals surface area contributed by atoms with E-state index in [9.17, 15) is 14.4 Å². The van der Waals surface area contributed by atoms with Crippen molar-refractivity contribution in [1.29, 1.82) is 0 Å². The van der Waals surface area contributed by atoms with E-state index in [1.54, 1.807) is 69.7 Å². The molecule has 2 aromatic rings. The lowest BCUT2D eigenvalue weighted by Gasteiger charge is -2.11. The number of carbonyl (C=O) groups is 3. The molecule has 8 heteroatoms. The Hall–Kier alpha value is -3.55. The zero-order chi connectivity index (χ0) is 21.9. The monoisotopic (exact) mass is 414 g/mol. The molecule has 2 aromatic carbocycles. The molecule has 0 fully saturated rings. The first-order valence-electron chi connectivity index (χ1n) is 9.43. The van der Waals surface area contributed by atoms with Gasteiger partial charge in [0.15, 0.2) is 6.61 Å². The van der Waals surface area contributed by atoms with Gasteiger partial charge in [-0.3, -0.25) is 14.4 Å². The lowest BCUT2D eigenvalue weighted by Crippen LogP contribution is -2.22. The van der Waals surface area contributed by atoms with Crippen LogP contribution in [0.1, 0.15) is 23.2 Å². The van der Waals surface area contributed by atoms with Crippen molar-refractivity contribution in [3.8, 4) is 11.5 Å². The van der Waals surface area contributed by atoms with E-state index in [1.807, 2.05) is 0 Å². The Morgan fingerprint density at radius 1 is 0.933 bits per heavy atom. The maximum atomic E-state index is 11.9. The van der Waals surface area contributed by atoms with Gasteiger partial charge in [-0.1, -0.05) is 0 Å². The molecule has 0 aromatic heterocycles. The van der Waals surface area contributed by atoms with E-state index in [-0.39, 0.29) is 18.9 Å². The first kappa shape index (κ1) is 22.7. The second kappa shape index (κ2) is 11.5. The summed E-state index contributed by atoms with van der Waals surface area (Å²) in [5.74, 6) is 0.363. The topological polar surface area (TPSA) is 94.2 Å². The summed E-state index contributed by atoms with van der Waals surface area (Å²) in [5, 5.41) is 2.61. The SMILES string of the molecule is COc1ccc(OCCCC(=O)OCC(=O)Nc2ccc(C(=O)N(C)C)cc2)cc1. The number of nitrogens with one attached hydrogen (secondary N) is 1. The number of methoxy groups -OCH3 is 1. The summed E-state index contributed by atoms with van der Waals surface area (Å²) in [7, 11) is 4.92. The van der Waals surface area contributed by atoms with Crippen molar-refractivity contribution in [1.82, 2.24) is 4.90 Å². The van der Waals surface area contributed by atoms with Crippen LogP contribution in [-0.2, 0) is 14.3 Å². The third-order valence-electron chi connectivity index (χ3n) is 4.04. The van der Waals surface area contributed by atoms with Gasteiger partial charge in [0, 0.05) is 31.8 Å². The summed E-state index contributed by atoms with van der Waals surface area (Å²) in [6.45, 7) is -0.0256. The average Bonchev–Trinajstić information content (AvgIpc) is 2.75. The number of nitrogens with zero attached hydrogens (tertiary/aromatic N) is 1. The van der Waals surface area contributed by atoms with Crippen LogP contribution in [0.25, 0.3) is 0 Å². The van der Waals surface area contributed by atoms with Gasteiger partial charge in [-0.2, -0.15) is 0 Å². The molecule has 0 radical (unpaired) electrons. The van der Waals surface area contributed by atoms with Crippen LogP contribution in [0.3, 0.4) is 0 Å². The van der Waals surface area contributed by atoms with Crippen molar-refractivity contribution in [3.05, 3.63) is 54.1 Å². The molecule has 0 saturated carbocycles. The van der Waals surface area contributed by atoms with Crippen molar-refractivity contribution in [2.24, 2.45) is 0 Å². The van der Waals surface area contributed by atoms with Crippen molar-refractivity contribution >= 4 is 23.5 Å². The molecule has 0 spiro atoms. The number of ether oxygens (including phenoxy) is 3. The molecule has 0 aliphatic carbocycles. The minimum atomic E-state index is -0.476. The maximum Gasteiger partial charge on any atom is 0.306 e. The largest absolute Gasteiger partial charge is 0.497 e. The molecule has 0 aliphatic rings. The fraction of sp³-hybridized carbons (Fsp3) is 0.318. The van der Waals surface area contributed by atoms with Crippen LogP contribution in [0.2, 0.25) is 0 Å². The van der Waals surface area contributed by atoms with Gasteiger partial charge in [0.25, 0.3) is 11.8 Å². The van der Waals surface area contributed by atoms with Gasteiger partial charge in [0.05, 0.1) is 13.7 Å². The fourth-order valence-corrected chi connectivity index (χ4v) is 2.45. The lowest BCUT2D eigenvalue weighted by molar-refractivity contribution is -0.147. The molecule has 2 rings (SSSR count). The maximum absolute atomic E-state index is 11.9. The average molecular weight is 414 g/mol. The Morgan fingerprint density at radius 3 is 2.17 bits per heavy atom. The number of esters is 1. The van der Waals surface area contributed by atoms with Gasteiger partial charge in [-0.25, -0.2) is 0 Å². The number of hydrogen-bond donors (Lipinski definition) is 1. The highest BCUT2D eigenvalue weighted by molar-refractivity contribution is 5.96. The van der Waals surface area contributed by atoms with Gasteiger partial charge in [-0.05, 0) is 55.0 Å². The van der Waals surface area contributed by atoms with Crippen LogP contribution in [0.4, 0.5) is 5.69 Å². The van der Waals surface area contributed by atoms with E-state index >= 15 is 0 Å². The van der Waals surface area contributed by atoms with E-state index in [0.29, 0.717) is 30.0 Å². The first-order valence-corrected chi connectivity index (χ1v) is 9.43. The second-order valence-electron chi connectivity index (χ2n) is 6.61. The Morgan fingerprint density at radius 2 is 1.57 bits per heavy atom. The zero-order valence-electron chi connectivity index (χ0n) is 17.3. The molecule has 0 aliphatic heterocycles. The number of hydrogen-bond acceptors (Lipinski definition) is 6. The fourth-order valence-electron chi connectivity index (χ4n) is 2.45. The highest BCUT2D eigenvalue weighted by Gasteiger charge is 2.10. The Kier molecular flexibility index (Phi) is 8.68. The predicted octanol–water partition coefficient (Wildman–Crippen LogP) is 2.74. The summed E-state index contributed by atoms with van der Waals surface area (Å²) < 4.78 is 15.6. The molecule has 0 atom stereocenters. The van der Waals surface area contributed by atoms with Gasteiger partial charge in [0.2, 0.25) is 0 Å². The van der Waals surface area contributed by atoms with Crippen molar-refractivity contribution < 1.29 is 28.6 Å². The molecule has 30 heavy (non-hydrogen) atoms. The summed E-state index contributed by atoms with van der Waals surface area (Å²) in [6, 6.07) is 13.6. The Bertz CT molecular complexity index is 847. The first-order chi connectivity index (χ1) is 14.4. The van der Waals surface area contributed by atoms with E-state index in [0.717, 1.165) is 5.75 Å². The third-order valence-corrected chi connectivity index (χ3v) is 4.04. The van der Waals surface area contributed by atoms with Crippen molar-refractivity contribution in [2.45, 2.75) is 12.8 Å². The molecular weight excluding hydrogens is 388 g/mol. The molecule has 160 valence electrons. The van der Waals surface area contributed by atoms with Crippen molar-refractivity contribution in [2.75, 3.05) is 39.7 Å². The lowest BCUT2D eigenvalue weighted by atomic mass is 10.2. The minimum Gasteiger partial charge on any atom is -0.497 e. The standard InChI is InChI=1S/C22H26N2O6/c1-24(2)22(27)16-6-8-17(9-7-16)23-20(25)15-30-21(26)5-4-14-29-19-12-10-18(28-3)11-13-19/h6-13H,4-5,14-15H2,1-3H3,(H,23,25). The van der Waals surface area contributed by atoms with E-state index in [2.05, 4.69) is 5.32 Å². The number of benzene rings is 2. The Balaban J connectivity index is 1.64. The summed E-state index contributed by atoms with van der Waals surface area (Å²) in [4.78, 5) is 37.0. The third kappa shape index (κ3) is 7.46. The van der Waals surface area contributed by atoms with E-state index in [1.165, 1.54) is 4.90 Å². The van der Waals surface area contributed by atoms with Crippen LogP contribution < -0.4 is 14.8 Å². The number of amides is 2. The molecule has 8 nitrogen and oxygen atoms in total. The Labute approximate surface area is 175 Å². The second-order valence-corrected chi connectivity index (χ2v) is 6.61. The number of rotatable bonds is 10.